The van der Waals surface area contributed by atoms with E-state index in [1.165, 1.54) is 0 Å². The van der Waals surface area contributed by atoms with Crippen LogP contribution in [-0.2, 0) is 4.79 Å². The van der Waals surface area contributed by atoms with Crippen molar-refractivity contribution >= 4 is 34.3 Å². The molecule has 1 aromatic heterocycles. The Morgan fingerprint density at radius 2 is 2.08 bits per heavy atom. The molecule has 1 unspecified atom stereocenters. The topological polar surface area (TPSA) is 71.2 Å². The number of nitrogens with zero attached hydrogens (tertiary/aromatic N) is 2. The molecule has 3 N–H and O–H groups in total. The molecule has 0 saturated carbocycles. The number of nitrogens with two attached hydrogens (primary N) is 1. The molecule has 2 saturated heterocycles. The molecule has 6 heteroatoms. The zero-order chi connectivity index (χ0) is 16.5. The number of nitrogen functional groups attached to an aromatic ring is 1. The van der Waals surface area contributed by atoms with Gasteiger partial charge in [0, 0.05) is 36.0 Å². The van der Waals surface area contributed by atoms with E-state index in [-0.39, 0.29) is 11.9 Å². The highest BCUT2D eigenvalue weighted by molar-refractivity contribution is 7.99. The number of anilines is 1. The summed E-state index contributed by atoms with van der Waals surface area (Å²) in [5.74, 6) is 2.35. The summed E-state index contributed by atoms with van der Waals surface area (Å²) in [4.78, 5) is 19.3. The molecule has 126 valence electrons. The smallest absolute Gasteiger partial charge is 0.240 e. The van der Waals surface area contributed by atoms with Crippen LogP contribution in [0.2, 0.25) is 0 Å². The highest BCUT2D eigenvalue weighted by atomic mass is 32.2. The first kappa shape index (κ1) is 15.7. The maximum absolute atomic E-state index is 12.5. The minimum absolute atomic E-state index is 0.00425. The van der Waals surface area contributed by atoms with Crippen LogP contribution in [0.1, 0.15) is 24.5 Å². The molecule has 0 aliphatic carbocycles. The number of nitrogens with one attached hydrogen (secondary N) is 1. The third kappa shape index (κ3) is 2.96. The molecule has 0 radical (unpaired) electrons. The zero-order valence-electron chi connectivity index (χ0n) is 13.6. The molecule has 1 atom stereocenters. The Balaban J connectivity index is 1.47. The third-order valence-corrected chi connectivity index (χ3v) is 5.93. The lowest BCUT2D eigenvalue weighted by atomic mass is 9.91. The zero-order valence-corrected chi connectivity index (χ0v) is 14.4. The Morgan fingerprint density at radius 3 is 2.83 bits per heavy atom. The summed E-state index contributed by atoms with van der Waals surface area (Å²) in [5, 5.41) is 4.34. The maximum Gasteiger partial charge on any atom is 0.240 e. The molecular weight excluding hydrogens is 320 g/mol. The first-order valence-electron chi connectivity index (χ1n) is 8.47. The van der Waals surface area contributed by atoms with Crippen molar-refractivity contribution in [1.82, 2.24) is 15.2 Å². The number of thioether (sulfide) groups is 1. The summed E-state index contributed by atoms with van der Waals surface area (Å²) in [6.45, 7) is 1.58. The second kappa shape index (κ2) is 6.61. The molecule has 0 spiro atoms. The fourth-order valence-electron chi connectivity index (χ4n) is 3.62. The molecule has 2 fully saturated rings. The van der Waals surface area contributed by atoms with Gasteiger partial charge in [0.25, 0.3) is 0 Å². The highest BCUT2D eigenvalue weighted by Crippen LogP contribution is 2.32. The number of fused-ring (bicyclic) bond motifs is 1. The third-order valence-electron chi connectivity index (χ3n) is 4.99. The van der Waals surface area contributed by atoms with Crippen molar-refractivity contribution in [1.29, 1.82) is 0 Å². The van der Waals surface area contributed by atoms with E-state index in [4.69, 9.17) is 10.7 Å². The second-order valence-corrected chi connectivity index (χ2v) is 7.56. The molecular formula is C18H22N4OS. The Labute approximate surface area is 146 Å². The summed E-state index contributed by atoms with van der Waals surface area (Å²) >= 11 is 1.79. The highest BCUT2D eigenvalue weighted by Gasteiger charge is 2.31. The minimum Gasteiger partial charge on any atom is -0.397 e. The molecule has 2 aromatic rings. The van der Waals surface area contributed by atoms with E-state index < -0.39 is 0 Å². The van der Waals surface area contributed by atoms with Gasteiger partial charge in [-0.3, -0.25) is 15.1 Å². The lowest BCUT2D eigenvalue weighted by molar-refractivity contribution is -0.133. The molecule has 24 heavy (non-hydrogen) atoms. The van der Waals surface area contributed by atoms with Crippen LogP contribution < -0.4 is 11.1 Å². The van der Waals surface area contributed by atoms with Gasteiger partial charge in [-0.1, -0.05) is 18.2 Å². The van der Waals surface area contributed by atoms with Gasteiger partial charge in [-0.05, 0) is 25.0 Å². The predicted molar refractivity (Wildman–Crippen MR) is 99.0 cm³/mol. The van der Waals surface area contributed by atoms with E-state index in [0.717, 1.165) is 59.8 Å². The maximum atomic E-state index is 12.5. The molecule has 2 aliphatic rings. The van der Waals surface area contributed by atoms with E-state index in [2.05, 4.69) is 5.32 Å². The number of benzene rings is 1. The number of rotatable bonds is 2. The first-order chi connectivity index (χ1) is 11.7. The predicted octanol–water partition coefficient (Wildman–Crippen LogP) is 2.19. The number of likely N-dealkylation sites (tertiary alicyclic amines) is 1. The SMILES string of the molecule is Nc1cc2ccccc2nc1C1CCN(C(=O)C2CSCN2)CC1. The monoisotopic (exact) mass is 342 g/mol. The number of amides is 1. The largest absolute Gasteiger partial charge is 0.397 e. The van der Waals surface area contributed by atoms with E-state index in [9.17, 15) is 4.79 Å². The normalized spacial score (nSPS) is 22.2. The second-order valence-electron chi connectivity index (χ2n) is 6.53. The number of aromatic nitrogens is 1. The van der Waals surface area contributed by atoms with E-state index >= 15 is 0 Å². The lowest BCUT2D eigenvalue weighted by Gasteiger charge is -2.33. The van der Waals surface area contributed by atoms with Crippen LogP contribution in [0.15, 0.2) is 30.3 Å². The number of pyridine rings is 1. The standard InChI is InChI=1S/C18H22N4OS/c19-14-9-13-3-1-2-4-15(13)21-17(14)12-5-7-22(8-6-12)18(23)16-10-24-11-20-16/h1-4,9,12,16,20H,5-8,10-11,19H2. The molecule has 5 nitrogen and oxygen atoms in total. The average Bonchev–Trinajstić information content (AvgIpc) is 3.15. The van der Waals surface area contributed by atoms with Crippen molar-refractivity contribution < 1.29 is 4.79 Å². The summed E-state index contributed by atoms with van der Waals surface area (Å²) in [7, 11) is 0. The molecule has 1 aromatic carbocycles. The first-order valence-corrected chi connectivity index (χ1v) is 9.63. The summed E-state index contributed by atoms with van der Waals surface area (Å²) in [5.41, 5.74) is 9.02. The fraction of sp³-hybridized carbons (Fsp3) is 0.444. The van der Waals surface area contributed by atoms with Crippen molar-refractivity contribution in [2.24, 2.45) is 0 Å². The Morgan fingerprint density at radius 1 is 1.29 bits per heavy atom. The number of piperidine rings is 1. The van der Waals surface area contributed by atoms with Crippen molar-refractivity contribution in [3.8, 4) is 0 Å². The van der Waals surface area contributed by atoms with Gasteiger partial charge in [-0.15, -0.1) is 11.8 Å². The molecule has 1 amide bonds. The van der Waals surface area contributed by atoms with Crippen LogP contribution in [0.3, 0.4) is 0 Å². The van der Waals surface area contributed by atoms with E-state index in [1.54, 1.807) is 11.8 Å². The van der Waals surface area contributed by atoms with Gasteiger partial charge in [-0.2, -0.15) is 0 Å². The molecule has 0 bridgehead atoms. The number of hydrogen-bond donors (Lipinski definition) is 2. The minimum atomic E-state index is -0.00425. The van der Waals surface area contributed by atoms with Crippen LogP contribution in [0.4, 0.5) is 5.69 Å². The number of hydrogen-bond acceptors (Lipinski definition) is 5. The fourth-order valence-corrected chi connectivity index (χ4v) is 4.55. The van der Waals surface area contributed by atoms with Crippen molar-refractivity contribution in [3.05, 3.63) is 36.0 Å². The van der Waals surface area contributed by atoms with E-state index in [1.807, 2.05) is 35.2 Å². The van der Waals surface area contributed by atoms with Crippen LogP contribution >= 0.6 is 11.8 Å². The number of carbonyl (C=O) groups excluding carboxylic acids is 1. The average molecular weight is 342 g/mol. The van der Waals surface area contributed by atoms with Gasteiger partial charge in [0.1, 0.15) is 0 Å². The molecule has 4 rings (SSSR count). The van der Waals surface area contributed by atoms with Crippen molar-refractivity contribution in [2.45, 2.75) is 24.8 Å². The Kier molecular flexibility index (Phi) is 4.33. The summed E-state index contributed by atoms with van der Waals surface area (Å²) in [6.07, 6.45) is 1.86. The van der Waals surface area contributed by atoms with Gasteiger partial charge in [-0.25, -0.2) is 0 Å². The lowest BCUT2D eigenvalue weighted by Crippen LogP contribution is -2.47. The molecule has 2 aliphatic heterocycles. The van der Waals surface area contributed by atoms with E-state index in [0.29, 0.717) is 5.92 Å². The van der Waals surface area contributed by atoms with Gasteiger partial charge in [0.15, 0.2) is 0 Å². The number of carbonyl (C=O) groups is 1. The van der Waals surface area contributed by atoms with Crippen LogP contribution in [-0.4, -0.2) is 46.6 Å². The van der Waals surface area contributed by atoms with Gasteiger partial charge in [0.05, 0.1) is 22.9 Å². The Hall–Kier alpha value is -1.79. The van der Waals surface area contributed by atoms with Crippen LogP contribution in [0, 0.1) is 0 Å². The van der Waals surface area contributed by atoms with Crippen molar-refractivity contribution in [2.75, 3.05) is 30.5 Å². The Bertz CT molecular complexity index is 752. The summed E-state index contributed by atoms with van der Waals surface area (Å²) < 4.78 is 0. The number of para-hydroxylation sites is 1. The van der Waals surface area contributed by atoms with Crippen molar-refractivity contribution in [3.63, 3.8) is 0 Å². The van der Waals surface area contributed by atoms with Crippen LogP contribution in [0.25, 0.3) is 10.9 Å². The van der Waals surface area contributed by atoms with Gasteiger partial charge in [0.2, 0.25) is 5.91 Å². The molecule has 3 heterocycles. The van der Waals surface area contributed by atoms with Crippen LogP contribution in [0.5, 0.6) is 0 Å². The summed E-state index contributed by atoms with van der Waals surface area (Å²) in [6, 6.07) is 10.1. The quantitative estimate of drug-likeness (QED) is 0.875. The van der Waals surface area contributed by atoms with Gasteiger partial charge < -0.3 is 10.6 Å². The van der Waals surface area contributed by atoms with Gasteiger partial charge >= 0.3 is 0 Å².